The van der Waals surface area contributed by atoms with Gasteiger partial charge >= 0.3 is 0 Å². The zero-order chi connectivity index (χ0) is 17.8. The van der Waals surface area contributed by atoms with E-state index in [-0.39, 0.29) is 11.5 Å². The van der Waals surface area contributed by atoms with Crippen molar-refractivity contribution in [1.29, 1.82) is 0 Å². The van der Waals surface area contributed by atoms with Gasteiger partial charge in [0.05, 0.1) is 22.8 Å². The van der Waals surface area contributed by atoms with Crippen molar-refractivity contribution in [1.82, 2.24) is 4.57 Å². The Kier molecular flexibility index (Phi) is 5.00. The number of aryl methyl sites for hydroxylation is 1. The van der Waals surface area contributed by atoms with E-state index in [9.17, 15) is 9.59 Å². The van der Waals surface area contributed by atoms with Crippen molar-refractivity contribution < 1.29 is 4.79 Å². The van der Waals surface area contributed by atoms with Crippen LogP contribution >= 0.6 is 11.6 Å². The second-order valence-electron chi connectivity index (χ2n) is 5.80. The second kappa shape index (κ2) is 7.36. The van der Waals surface area contributed by atoms with E-state index in [1.165, 1.54) is 16.7 Å². The van der Waals surface area contributed by atoms with Crippen LogP contribution in [0, 0.1) is 6.92 Å². The summed E-state index contributed by atoms with van der Waals surface area (Å²) < 4.78 is 1.52. The summed E-state index contributed by atoms with van der Waals surface area (Å²) in [4.78, 5) is 24.5. The van der Waals surface area contributed by atoms with Gasteiger partial charge in [0.2, 0.25) is 0 Å². The molecule has 0 atom stereocenters. The molecule has 126 valence electrons. The SMILES string of the molecule is Cc1ccc(Cn2cc(C(=O)Nc3ccccc3Cl)ccc2=O)cc1. The van der Waals surface area contributed by atoms with Crippen LogP contribution in [-0.2, 0) is 6.54 Å². The molecule has 0 aliphatic carbocycles. The van der Waals surface area contributed by atoms with E-state index in [0.717, 1.165) is 11.1 Å². The summed E-state index contributed by atoms with van der Waals surface area (Å²) in [5.74, 6) is -0.314. The summed E-state index contributed by atoms with van der Waals surface area (Å²) in [7, 11) is 0. The van der Waals surface area contributed by atoms with Crippen molar-refractivity contribution >= 4 is 23.2 Å². The molecular weight excluding hydrogens is 336 g/mol. The Morgan fingerprint density at radius 3 is 2.48 bits per heavy atom. The van der Waals surface area contributed by atoms with Gasteiger partial charge < -0.3 is 9.88 Å². The molecule has 4 nitrogen and oxygen atoms in total. The van der Waals surface area contributed by atoms with E-state index < -0.39 is 0 Å². The standard InChI is InChI=1S/C20H17ClN2O2/c1-14-6-8-15(9-7-14)12-23-13-16(10-11-19(23)24)20(25)22-18-5-3-2-4-17(18)21/h2-11,13H,12H2,1H3,(H,22,25). The largest absolute Gasteiger partial charge is 0.321 e. The topological polar surface area (TPSA) is 51.1 Å². The number of carbonyl (C=O) groups excluding carboxylic acids is 1. The van der Waals surface area contributed by atoms with E-state index >= 15 is 0 Å². The molecule has 3 aromatic rings. The van der Waals surface area contributed by atoms with Gasteiger partial charge in [-0.15, -0.1) is 0 Å². The number of hydrogen-bond acceptors (Lipinski definition) is 2. The molecule has 0 saturated heterocycles. The van der Waals surface area contributed by atoms with Gasteiger partial charge in [0.15, 0.2) is 0 Å². The predicted molar refractivity (Wildman–Crippen MR) is 100 cm³/mol. The highest BCUT2D eigenvalue weighted by Gasteiger charge is 2.10. The van der Waals surface area contributed by atoms with Crippen LogP contribution in [-0.4, -0.2) is 10.5 Å². The number of anilines is 1. The van der Waals surface area contributed by atoms with E-state index in [0.29, 0.717) is 22.8 Å². The van der Waals surface area contributed by atoms with E-state index in [2.05, 4.69) is 5.32 Å². The summed E-state index contributed by atoms with van der Waals surface area (Å²) in [6.45, 7) is 2.42. The number of hydrogen-bond donors (Lipinski definition) is 1. The van der Waals surface area contributed by atoms with Gasteiger partial charge in [-0.2, -0.15) is 0 Å². The van der Waals surface area contributed by atoms with E-state index in [1.807, 2.05) is 31.2 Å². The quantitative estimate of drug-likeness (QED) is 0.768. The van der Waals surface area contributed by atoms with Crippen LogP contribution < -0.4 is 10.9 Å². The third-order valence-corrected chi connectivity index (χ3v) is 4.17. The molecule has 3 rings (SSSR count). The van der Waals surface area contributed by atoms with Crippen molar-refractivity contribution in [2.75, 3.05) is 5.32 Å². The molecule has 5 heteroatoms. The van der Waals surface area contributed by atoms with Crippen LogP contribution in [0.4, 0.5) is 5.69 Å². The Hall–Kier alpha value is -2.85. The molecule has 0 saturated carbocycles. The van der Waals surface area contributed by atoms with Crippen LogP contribution in [0.1, 0.15) is 21.5 Å². The molecule has 0 bridgehead atoms. The smallest absolute Gasteiger partial charge is 0.257 e. The average Bonchev–Trinajstić information content (AvgIpc) is 2.60. The average molecular weight is 353 g/mol. The highest BCUT2D eigenvalue weighted by atomic mass is 35.5. The molecule has 1 N–H and O–H groups in total. The maximum Gasteiger partial charge on any atom is 0.257 e. The minimum atomic E-state index is -0.314. The number of carbonyl (C=O) groups is 1. The number of halogens is 1. The first-order valence-electron chi connectivity index (χ1n) is 7.85. The summed E-state index contributed by atoms with van der Waals surface area (Å²) in [6.07, 6.45) is 1.56. The Morgan fingerprint density at radius 2 is 1.76 bits per heavy atom. The number of nitrogens with zero attached hydrogens (tertiary/aromatic N) is 1. The third kappa shape index (κ3) is 4.17. The monoisotopic (exact) mass is 352 g/mol. The van der Waals surface area contributed by atoms with Gasteiger partial charge in [-0.05, 0) is 30.7 Å². The summed E-state index contributed by atoms with van der Waals surface area (Å²) in [5.41, 5.74) is 2.92. The van der Waals surface area contributed by atoms with Crippen LogP contribution in [0.15, 0.2) is 71.7 Å². The molecule has 0 fully saturated rings. The van der Waals surface area contributed by atoms with Gasteiger partial charge in [0, 0.05) is 12.3 Å². The molecule has 2 aromatic carbocycles. The molecule has 25 heavy (non-hydrogen) atoms. The van der Waals surface area contributed by atoms with Gasteiger partial charge in [-0.1, -0.05) is 53.6 Å². The van der Waals surface area contributed by atoms with Crippen LogP contribution in [0.3, 0.4) is 0 Å². The van der Waals surface area contributed by atoms with Crippen LogP contribution in [0.5, 0.6) is 0 Å². The minimum Gasteiger partial charge on any atom is -0.321 e. The Labute approximate surface area is 150 Å². The van der Waals surface area contributed by atoms with Crippen molar-refractivity contribution in [2.24, 2.45) is 0 Å². The zero-order valence-electron chi connectivity index (χ0n) is 13.7. The summed E-state index contributed by atoms with van der Waals surface area (Å²) in [5, 5.41) is 3.22. The van der Waals surface area contributed by atoms with Gasteiger partial charge in [0.25, 0.3) is 11.5 Å². The number of pyridine rings is 1. The van der Waals surface area contributed by atoms with E-state index in [1.54, 1.807) is 30.5 Å². The zero-order valence-corrected chi connectivity index (χ0v) is 14.5. The normalized spacial score (nSPS) is 10.5. The first-order valence-corrected chi connectivity index (χ1v) is 8.22. The maximum atomic E-state index is 12.4. The van der Waals surface area contributed by atoms with Crippen molar-refractivity contribution in [2.45, 2.75) is 13.5 Å². The molecule has 1 heterocycles. The highest BCUT2D eigenvalue weighted by molar-refractivity contribution is 6.33. The van der Waals surface area contributed by atoms with Gasteiger partial charge in [0.1, 0.15) is 0 Å². The number of nitrogens with one attached hydrogen (secondary N) is 1. The number of para-hydroxylation sites is 1. The Bertz CT molecular complexity index is 962. The van der Waals surface area contributed by atoms with Crippen LogP contribution in [0.2, 0.25) is 5.02 Å². The molecule has 0 spiro atoms. The third-order valence-electron chi connectivity index (χ3n) is 3.84. The summed E-state index contributed by atoms with van der Waals surface area (Å²) >= 11 is 6.06. The second-order valence-corrected chi connectivity index (χ2v) is 6.21. The fraction of sp³-hybridized carbons (Fsp3) is 0.100. The van der Waals surface area contributed by atoms with E-state index in [4.69, 9.17) is 11.6 Å². The fourth-order valence-corrected chi connectivity index (χ4v) is 2.62. The lowest BCUT2D eigenvalue weighted by Crippen LogP contribution is -2.22. The summed E-state index contributed by atoms with van der Waals surface area (Å²) in [6, 6.07) is 17.9. The van der Waals surface area contributed by atoms with Gasteiger partial charge in [-0.3, -0.25) is 9.59 Å². The molecule has 0 aliphatic rings. The first kappa shape index (κ1) is 17.0. The minimum absolute atomic E-state index is 0.158. The number of benzene rings is 2. The molecule has 1 aromatic heterocycles. The predicted octanol–water partition coefficient (Wildman–Crippen LogP) is 4.11. The molecular formula is C20H17ClN2O2. The molecule has 0 radical (unpaired) electrons. The number of rotatable bonds is 4. The van der Waals surface area contributed by atoms with Crippen molar-refractivity contribution in [3.8, 4) is 0 Å². The lowest BCUT2D eigenvalue weighted by molar-refractivity contribution is 0.102. The molecule has 0 unspecified atom stereocenters. The fourth-order valence-electron chi connectivity index (χ4n) is 2.44. The highest BCUT2D eigenvalue weighted by Crippen LogP contribution is 2.21. The van der Waals surface area contributed by atoms with Crippen molar-refractivity contribution in [3.63, 3.8) is 0 Å². The van der Waals surface area contributed by atoms with Crippen LogP contribution in [0.25, 0.3) is 0 Å². The number of aromatic nitrogens is 1. The molecule has 1 amide bonds. The first-order chi connectivity index (χ1) is 12.0. The number of amides is 1. The van der Waals surface area contributed by atoms with Gasteiger partial charge in [-0.25, -0.2) is 0 Å². The van der Waals surface area contributed by atoms with Crippen molar-refractivity contribution in [3.05, 3.63) is 98.9 Å². The lowest BCUT2D eigenvalue weighted by Gasteiger charge is -2.10. The lowest BCUT2D eigenvalue weighted by atomic mass is 10.1. The Balaban J connectivity index is 1.83. The molecule has 0 aliphatic heterocycles. The maximum absolute atomic E-state index is 12.4. The Morgan fingerprint density at radius 1 is 1.04 bits per heavy atom.